The van der Waals surface area contributed by atoms with Crippen LogP contribution in [0.5, 0.6) is 5.75 Å². The Morgan fingerprint density at radius 2 is 1.88 bits per heavy atom. The Hall–Kier alpha value is -2.60. The van der Waals surface area contributed by atoms with E-state index in [1.165, 1.54) is 6.21 Å². The number of hydrogen-bond acceptors (Lipinski definition) is 7. The van der Waals surface area contributed by atoms with E-state index in [2.05, 4.69) is 11.1 Å². The van der Waals surface area contributed by atoms with E-state index in [0.717, 1.165) is 16.9 Å². The van der Waals surface area contributed by atoms with Crippen molar-refractivity contribution in [2.45, 2.75) is 43.9 Å². The Labute approximate surface area is 192 Å². The van der Waals surface area contributed by atoms with Crippen LogP contribution in [0.1, 0.15) is 29.7 Å². The average Bonchev–Trinajstić information content (AvgIpc) is 2.79. The molecule has 1 aliphatic heterocycles. The van der Waals surface area contributed by atoms with Gasteiger partial charge in [-0.1, -0.05) is 46.9 Å². The van der Waals surface area contributed by atoms with Crippen molar-refractivity contribution in [2.24, 2.45) is 5.16 Å². The molecule has 170 valence electrons. The van der Waals surface area contributed by atoms with Crippen LogP contribution in [0.3, 0.4) is 0 Å². The number of ether oxygens (including phenoxy) is 2. The van der Waals surface area contributed by atoms with Gasteiger partial charge in [-0.2, -0.15) is 0 Å². The molecule has 7 nitrogen and oxygen atoms in total. The fourth-order valence-electron chi connectivity index (χ4n) is 3.48. The highest BCUT2D eigenvalue weighted by molar-refractivity contribution is 6.31. The number of aliphatic hydroxyl groups excluding tert-OH is 3. The molecular formula is C24H26ClNO6. The normalized spacial score (nSPS) is 25.4. The summed E-state index contributed by atoms with van der Waals surface area (Å²) in [6.07, 6.45) is 0.784. The smallest absolute Gasteiger partial charge is 0.177 e. The van der Waals surface area contributed by atoms with Gasteiger partial charge in [0.25, 0.3) is 0 Å². The summed E-state index contributed by atoms with van der Waals surface area (Å²) in [5.41, 5.74) is 2.47. The second kappa shape index (κ2) is 11.3. The molecule has 8 heteroatoms. The van der Waals surface area contributed by atoms with E-state index in [1.54, 1.807) is 12.1 Å². The summed E-state index contributed by atoms with van der Waals surface area (Å²) in [4.78, 5) is 4.83. The number of terminal acetylenes is 1. The molecule has 0 amide bonds. The lowest BCUT2D eigenvalue weighted by Crippen LogP contribution is -2.54. The van der Waals surface area contributed by atoms with Gasteiger partial charge in [0, 0.05) is 5.02 Å². The molecule has 1 fully saturated rings. The minimum Gasteiger partial charge on any atom is -0.494 e. The SMILES string of the molecule is C#CCON=C[C@H]1O[C@@H](c2ccc(Cl)c(Cc3ccc(OCC)cc3)c2)[C@H](O)[C@@H](O)[C@@H]1O. The van der Waals surface area contributed by atoms with Crippen molar-refractivity contribution < 1.29 is 29.6 Å². The van der Waals surface area contributed by atoms with Crippen molar-refractivity contribution in [3.05, 3.63) is 64.2 Å². The van der Waals surface area contributed by atoms with Gasteiger partial charge in [0.05, 0.1) is 12.8 Å². The van der Waals surface area contributed by atoms with Crippen molar-refractivity contribution in [1.82, 2.24) is 0 Å². The maximum Gasteiger partial charge on any atom is 0.177 e. The summed E-state index contributed by atoms with van der Waals surface area (Å²) in [5.74, 6) is 3.05. The van der Waals surface area contributed by atoms with Crippen molar-refractivity contribution in [1.29, 1.82) is 0 Å². The fourth-order valence-corrected chi connectivity index (χ4v) is 3.66. The van der Waals surface area contributed by atoms with Crippen LogP contribution in [0.25, 0.3) is 0 Å². The Morgan fingerprint density at radius 1 is 1.12 bits per heavy atom. The van der Waals surface area contributed by atoms with Crippen molar-refractivity contribution in [3.63, 3.8) is 0 Å². The highest BCUT2D eigenvalue weighted by atomic mass is 35.5. The lowest BCUT2D eigenvalue weighted by molar-refractivity contribution is -0.205. The second-order valence-corrected chi connectivity index (χ2v) is 7.74. The van der Waals surface area contributed by atoms with Crippen LogP contribution in [-0.2, 0) is 16.0 Å². The van der Waals surface area contributed by atoms with Crippen LogP contribution in [0, 0.1) is 12.3 Å². The first kappa shape index (κ1) is 24.1. The zero-order chi connectivity index (χ0) is 23.1. The largest absolute Gasteiger partial charge is 0.494 e. The highest BCUT2D eigenvalue weighted by Gasteiger charge is 2.43. The summed E-state index contributed by atoms with van der Waals surface area (Å²) >= 11 is 6.41. The summed E-state index contributed by atoms with van der Waals surface area (Å²) in [6, 6.07) is 13.0. The van der Waals surface area contributed by atoms with E-state index < -0.39 is 30.5 Å². The van der Waals surface area contributed by atoms with Gasteiger partial charge >= 0.3 is 0 Å². The number of halogens is 1. The second-order valence-electron chi connectivity index (χ2n) is 7.33. The van der Waals surface area contributed by atoms with Crippen LogP contribution >= 0.6 is 11.6 Å². The molecule has 2 aromatic rings. The van der Waals surface area contributed by atoms with E-state index >= 15 is 0 Å². The fraction of sp³-hybridized carbons (Fsp3) is 0.375. The lowest BCUT2D eigenvalue weighted by atomic mass is 9.90. The quantitative estimate of drug-likeness (QED) is 0.243. The molecule has 0 aromatic heterocycles. The molecule has 0 bridgehead atoms. The first-order valence-corrected chi connectivity index (χ1v) is 10.6. The van der Waals surface area contributed by atoms with Gasteiger partial charge in [-0.05, 0) is 48.2 Å². The predicted octanol–water partition coefficient (Wildman–Crippen LogP) is 2.49. The maximum absolute atomic E-state index is 10.5. The van der Waals surface area contributed by atoms with Gasteiger partial charge in [0.2, 0.25) is 0 Å². The zero-order valence-corrected chi connectivity index (χ0v) is 18.4. The lowest BCUT2D eigenvalue weighted by Gasteiger charge is -2.39. The molecule has 0 spiro atoms. The molecule has 0 unspecified atom stereocenters. The third-order valence-corrected chi connectivity index (χ3v) is 5.48. The number of benzene rings is 2. The molecule has 2 aromatic carbocycles. The standard InChI is InChI=1S/C24H26ClNO6/c1-3-11-31-26-14-20-21(27)22(28)23(29)24(32-20)16-7-10-19(25)17(13-16)12-15-5-8-18(9-6-15)30-4-2/h1,5-10,13-14,20-24,27-29H,4,11-12H2,2H3/t20-,21-,22+,23-,24+/m1/s1. The Morgan fingerprint density at radius 3 is 2.56 bits per heavy atom. The van der Waals surface area contributed by atoms with Crippen molar-refractivity contribution in [2.75, 3.05) is 13.2 Å². The third-order valence-electron chi connectivity index (χ3n) is 5.11. The number of oxime groups is 1. The molecular weight excluding hydrogens is 434 g/mol. The number of rotatable bonds is 8. The van der Waals surface area contributed by atoms with E-state index in [9.17, 15) is 15.3 Å². The first-order valence-electron chi connectivity index (χ1n) is 10.2. The van der Waals surface area contributed by atoms with Crippen LogP contribution in [-0.4, -0.2) is 59.2 Å². The summed E-state index contributed by atoms with van der Waals surface area (Å²) in [7, 11) is 0. The Bertz CT molecular complexity index is 958. The zero-order valence-electron chi connectivity index (χ0n) is 17.6. The number of nitrogens with zero attached hydrogens (tertiary/aromatic N) is 1. The maximum atomic E-state index is 10.5. The predicted molar refractivity (Wildman–Crippen MR) is 121 cm³/mol. The number of aliphatic hydroxyl groups is 3. The van der Waals surface area contributed by atoms with E-state index in [-0.39, 0.29) is 6.61 Å². The summed E-state index contributed by atoms with van der Waals surface area (Å²) in [5, 5.41) is 35.3. The minimum atomic E-state index is -1.44. The average molecular weight is 460 g/mol. The van der Waals surface area contributed by atoms with E-state index in [4.69, 9.17) is 32.3 Å². The number of hydrogen-bond donors (Lipinski definition) is 3. The molecule has 32 heavy (non-hydrogen) atoms. The third kappa shape index (κ3) is 5.80. The molecule has 5 atom stereocenters. The van der Waals surface area contributed by atoms with Crippen molar-refractivity contribution >= 4 is 17.8 Å². The van der Waals surface area contributed by atoms with Crippen molar-refractivity contribution in [3.8, 4) is 18.1 Å². The van der Waals surface area contributed by atoms with Gasteiger partial charge in [-0.25, -0.2) is 0 Å². The van der Waals surface area contributed by atoms with Gasteiger partial charge in [-0.15, -0.1) is 6.42 Å². The molecule has 1 heterocycles. The Balaban J connectivity index is 1.80. The van der Waals surface area contributed by atoms with Crippen LogP contribution < -0.4 is 4.74 Å². The molecule has 0 saturated carbocycles. The molecule has 0 radical (unpaired) electrons. The molecule has 1 aliphatic rings. The van der Waals surface area contributed by atoms with Crippen LogP contribution in [0.15, 0.2) is 47.6 Å². The molecule has 3 N–H and O–H groups in total. The van der Waals surface area contributed by atoms with Gasteiger partial charge < -0.3 is 29.6 Å². The summed E-state index contributed by atoms with van der Waals surface area (Å²) in [6.45, 7) is 2.48. The van der Waals surface area contributed by atoms with Gasteiger partial charge in [0.1, 0.15) is 36.3 Å². The Kier molecular flexibility index (Phi) is 8.51. The van der Waals surface area contributed by atoms with E-state index in [0.29, 0.717) is 23.6 Å². The topological polar surface area (TPSA) is 101 Å². The van der Waals surface area contributed by atoms with Gasteiger partial charge in [-0.3, -0.25) is 0 Å². The minimum absolute atomic E-state index is 0.0417. The van der Waals surface area contributed by atoms with Gasteiger partial charge in [0.15, 0.2) is 6.61 Å². The monoisotopic (exact) mass is 459 g/mol. The summed E-state index contributed by atoms with van der Waals surface area (Å²) < 4.78 is 11.3. The highest BCUT2D eigenvalue weighted by Crippen LogP contribution is 2.34. The van der Waals surface area contributed by atoms with Crippen LogP contribution in [0.2, 0.25) is 5.02 Å². The van der Waals surface area contributed by atoms with Crippen LogP contribution in [0.4, 0.5) is 0 Å². The molecule has 0 aliphatic carbocycles. The molecule has 3 rings (SSSR count). The first-order chi connectivity index (χ1) is 15.4. The molecule has 1 saturated heterocycles. The van der Waals surface area contributed by atoms with E-state index in [1.807, 2.05) is 37.3 Å².